The fourth-order valence-electron chi connectivity index (χ4n) is 0.511. The van der Waals surface area contributed by atoms with E-state index in [0.29, 0.717) is 0 Å². The zero-order valence-corrected chi connectivity index (χ0v) is 15.1. The van der Waals surface area contributed by atoms with E-state index in [1.54, 1.807) is 0 Å². The summed E-state index contributed by atoms with van der Waals surface area (Å²) in [5, 5.41) is 59.9. The molecule has 0 aromatic carbocycles. The van der Waals surface area contributed by atoms with E-state index in [1.165, 1.54) is 0 Å². The molecule has 0 aliphatic carbocycles. The molecule has 0 amide bonds. The van der Waals surface area contributed by atoms with Crippen molar-refractivity contribution in [3.05, 3.63) is 0 Å². The van der Waals surface area contributed by atoms with Crippen molar-refractivity contribution in [1.29, 1.82) is 0 Å². The number of carbonyl (C=O) groups excluding carboxylic acids is 2. The zero-order chi connectivity index (χ0) is 15.7. The van der Waals surface area contributed by atoms with Gasteiger partial charge >= 0.3 is 71.1 Å². The molecule has 0 aliphatic rings. The predicted octanol–water partition coefficient (Wildman–Crippen LogP) is -11.9. The molecule has 0 fully saturated rings. The molecule has 0 bridgehead atoms. The van der Waals surface area contributed by atoms with E-state index in [4.69, 9.17) is 25.5 Å². The Morgan fingerprint density at radius 1 is 0.810 bits per heavy atom. The standard InChI is InChI=1S/C4H6O6.C4H6O5.2Na/c5-1(3(7)8)2(6)4(9)10;5-2(4(8)9)1-3(6)7;;/h1-2,5-6H,(H,7,8)(H,9,10);2,5H,1H2,(H,6,7)(H,8,9);;/q;;2*+1/p-2/t1-,2-;;;/m1.../s1. The summed E-state index contributed by atoms with van der Waals surface area (Å²) in [6.07, 6.45) is -7.42. The molecular weight excluding hydrogens is 318 g/mol. The number of rotatable bonds is 6. The third-order valence-electron chi connectivity index (χ3n) is 1.44. The Hall–Kier alpha value is -0.240. The van der Waals surface area contributed by atoms with Crippen LogP contribution in [0.2, 0.25) is 0 Å². The molecule has 0 saturated carbocycles. The van der Waals surface area contributed by atoms with Gasteiger partial charge in [-0.2, -0.15) is 0 Å². The van der Waals surface area contributed by atoms with Crippen molar-refractivity contribution >= 4 is 23.9 Å². The second kappa shape index (κ2) is 14.7. The Morgan fingerprint density at radius 2 is 1.10 bits per heavy atom. The summed E-state index contributed by atoms with van der Waals surface area (Å²) in [6, 6.07) is 0. The van der Waals surface area contributed by atoms with E-state index in [9.17, 15) is 29.4 Å². The molecule has 5 N–H and O–H groups in total. The van der Waals surface area contributed by atoms with Crippen molar-refractivity contribution in [3.63, 3.8) is 0 Å². The molecule has 1 unspecified atom stereocenters. The van der Waals surface area contributed by atoms with Crippen LogP contribution in [-0.2, 0) is 19.2 Å². The van der Waals surface area contributed by atoms with Crippen LogP contribution in [-0.4, -0.2) is 67.7 Å². The summed E-state index contributed by atoms with van der Waals surface area (Å²) in [6.45, 7) is 0. The molecule has 0 radical (unpaired) electrons. The first kappa shape index (κ1) is 28.9. The van der Waals surface area contributed by atoms with Gasteiger partial charge in [-0.15, -0.1) is 0 Å². The van der Waals surface area contributed by atoms with Crippen molar-refractivity contribution in [2.45, 2.75) is 24.7 Å². The first-order valence-electron chi connectivity index (χ1n) is 4.41. The number of carboxylic acids is 4. The fraction of sp³-hybridized carbons (Fsp3) is 0.500. The minimum Gasteiger partial charge on any atom is -0.547 e. The molecule has 0 rings (SSSR count). The Labute approximate surface area is 161 Å². The first-order chi connectivity index (χ1) is 8.50. The normalized spacial score (nSPS) is 12.9. The van der Waals surface area contributed by atoms with Gasteiger partial charge in [0.05, 0.1) is 18.4 Å². The number of carboxylic acid groups (broad SMARTS) is 4. The first-order valence-corrected chi connectivity index (χ1v) is 4.41. The van der Waals surface area contributed by atoms with Crippen LogP contribution in [0.4, 0.5) is 0 Å². The van der Waals surface area contributed by atoms with Crippen LogP contribution >= 0.6 is 0 Å². The van der Waals surface area contributed by atoms with Crippen LogP contribution in [0, 0.1) is 0 Å². The van der Waals surface area contributed by atoms with E-state index in [0.717, 1.165) is 0 Å². The van der Waals surface area contributed by atoms with Crippen molar-refractivity contribution in [1.82, 2.24) is 0 Å². The summed E-state index contributed by atoms with van der Waals surface area (Å²) >= 11 is 0. The fourth-order valence-corrected chi connectivity index (χ4v) is 0.511. The van der Waals surface area contributed by atoms with Gasteiger partial charge < -0.3 is 45.3 Å². The summed E-state index contributed by atoms with van der Waals surface area (Å²) in [5.74, 6) is -6.96. The van der Waals surface area contributed by atoms with Crippen molar-refractivity contribution < 1.29 is 114 Å². The number of hydrogen-bond donors (Lipinski definition) is 5. The Morgan fingerprint density at radius 3 is 1.19 bits per heavy atom. The van der Waals surface area contributed by atoms with Crippen molar-refractivity contribution in [3.8, 4) is 0 Å². The summed E-state index contributed by atoms with van der Waals surface area (Å²) in [5.41, 5.74) is 0. The number of aliphatic hydroxyl groups excluding tert-OH is 3. The summed E-state index contributed by atoms with van der Waals surface area (Å²) in [7, 11) is 0. The van der Waals surface area contributed by atoms with Crippen LogP contribution < -0.4 is 69.3 Å². The van der Waals surface area contributed by atoms with Crippen LogP contribution in [0.3, 0.4) is 0 Å². The smallest absolute Gasteiger partial charge is 0.547 e. The molecule has 0 spiro atoms. The Kier molecular flexibility index (Phi) is 20.2. The second-order valence-corrected chi connectivity index (χ2v) is 2.98. The molecule has 0 aromatic heterocycles. The average molecular weight is 328 g/mol. The molecule has 21 heavy (non-hydrogen) atoms. The number of hydrogen-bond acceptors (Lipinski definition) is 9. The van der Waals surface area contributed by atoms with Crippen LogP contribution in [0.1, 0.15) is 6.42 Å². The van der Waals surface area contributed by atoms with Gasteiger partial charge in [0.25, 0.3) is 0 Å². The number of carbonyl (C=O) groups is 4. The quantitative estimate of drug-likeness (QED) is 0.288. The average Bonchev–Trinajstić information content (AvgIpc) is 2.26. The van der Waals surface area contributed by atoms with Gasteiger partial charge in [0.2, 0.25) is 0 Å². The third-order valence-corrected chi connectivity index (χ3v) is 1.44. The topological polar surface area (TPSA) is 216 Å². The molecule has 0 aliphatic heterocycles. The van der Waals surface area contributed by atoms with E-state index in [2.05, 4.69) is 0 Å². The molecule has 3 atom stereocenters. The summed E-state index contributed by atoms with van der Waals surface area (Å²) in [4.78, 5) is 38.7. The largest absolute Gasteiger partial charge is 1.00 e. The minimum atomic E-state index is -2.44. The SMILES string of the molecule is O=C(O)CC(O)C(=O)O.O=C([O-])[C@H](O)[C@@H](O)C(=O)[O-].[Na+].[Na+]. The van der Waals surface area contributed by atoms with Gasteiger partial charge in [-0.05, 0) is 0 Å². The molecule has 0 heterocycles. The van der Waals surface area contributed by atoms with Crippen LogP contribution in [0.5, 0.6) is 0 Å². The Balaban J connectivity index is -0.000000126. The van der Waals surface area contributed by atoms with Gasteiger partial charge in [-0.3, -0.25) is 4.79 Å². The van der Waals surface area contributed by atoms with Gasteiger partial charge in [-0.1, -0.05) is 0 Å². The number of aliphatic carboxylic acids is 4. The van der Waals surface area contributed by atoms with Crippen molar-refractivity contribution in [2.75, 3.05) is 0 Å². The maximum absolute atomic E-state index is 9.72. The molecular formula is C8H10Na2O11. The van der Waals surface area contributed by atoms with E-state index < -0.39 is 48.6 Å². The molecule has 13 heteroatoms. The van der Waals surface area contributed by atoms with Crippen molar-refractivity contribution in [2.24, 2.45) is 0 Å². The molecule has 11 nitrogen and oxygen atoms in total. The summed E-state index contributed by atoms with van der Waals surface area (Å²) < 4.78 is 0. The third kappa shape index (κ3) is 16.0. The van der Waals surface area contributed by atoms with Gasteiger partial charge in [0.1, 0.15) is 12.2 Å². The monoisotopic (exact) mass is 328 g/mol. The van der Waals surface area contributed by atoms with E-state index in [-0.39, 0.29) is 59.1 Å². The predicted molar refractivity (Wildman–Crippen MR) is 47.9 cm³/mol. The van der Waals surface area contributed by atoms with Crippen LogP contribution in [0.15, 0.2) is 0 Å². The second-order valence-electron chi connectivity index (χ2n) is 2.98. The maximum Gasteiger partial charge on any atom is 1.00 e. The molecule has 0 saturated heterocycles. The molecule has 0 aromatic rings. The van der Waals surface area contributed by atoms with Crippen LogP contribution in [0.25, 0.3) is 0 Å². The number of aliphatic hydroxyl groups is 3. The maximum atomic E-state index is 9.72. The Bertz CT molecular complexity index is 340. The molecule has 110 valence electrons. The van der Waals surface area contributed by atoms with E-state index in [1.807, 2.05) is 0 Å². The van der Waals surface area contributed by atoms with E-state index >= 15 is 0 Å². The van der Waals surface area contributed by atoms with Gasteiger partial charge in [0, 0.05) is 0 Å². The van der Waals surface area contributed by atoms with Gasteiger partial charge in [0.15, 0.2) is 6.10 Å². The minimum absolute atomic E-state index is 0. The van der Waals surface area contributed by atoms with Gasteiger partial charge in [-0.25, -0.2) is 4.79 Å². The zero-order valence-electron chi connectivity index (χ0n) is 11.1.